The Balaban J connectivity index is 1.58. The van der Waals surface area contributed by atoms with Crippen LogP contribution >= 0.6 is 35.3 Å². The van der Waals surface area contributed by atoms with E-state index < -0.39 is 0 Å². The fourth-order valence-corrected chi connectivity index (χ4v) is 6.98. The zero-order valence-electron chi connectivity index (χ0n) is 25.7. The van der Waals surface area contributed by atoms with Gasteiger partial charge in [-0.15, -0.1) is 0 Å². The third kappa shape index (κ3) is 10.4. The molecule has 0 heterocycles. The van der Waals surface area contributed by atoms with E-state index in [9.17, 15) is 0 Å². The van der Waals surface area contributed by atoms with Crippen molar-refractivity contribution in [1.29, 1.82) is 0 Å². The Morgan fingerprint density at radius 2 is 0.683 bits per heavy atom. The summed E-state index contributed by atoms with van der Waals surface area (Å²) >= 11 is 5.36. The highest BCUT2D eigenvalue weighted by Crippen LogP contribution is 2.40. The first-order valence-electron chi connectivity index (χ1n) is 14.0. The molecule has 0 aliphatic heterocycles. The molecule has 2 nitrogen and oxygen atoms in total. The minimum atomic E-state index is -0.214. The summed E-state index contributed by atoms with van der Waals surface area (Å²) in [5.41, 5.74) is 1.06. The van der Waals surface area contributed by atoms with Gasteiger partial charge in [0.25, 0.3) is 0 Å². The molecule has 0 saturated heterocycles. The molecule has 0 spiro atoms. The maximum absolute atomic E-state index is 6.02. The lowest BCUT2D eigenvalue weighted by molar-refractivity contribution is 0.130. The summed E-state index contributed by atoms with van der Waals surface area (Å²) in [6.45, 7) is 19.2. The lowest BCUT2D eigenvalue weighted by Gasteiger charge is -2.21. The van der Waals surface area contributed by atoms with Gasteiger partial charge in [0.15, 0.2) is 0 Å². The molecule has 0 aliphatic carbocycles. The zero-order valence-corrected chi connectivity index (χ0v) is 28.2. The molecule has 0 unspecified atom stereocenters. The third-order valence-electron chi connectivity index (χ3n) is 5.78. The molecule has 0 aromatic heterocycles. The van der Waals surface area contributed by atoms with Crippen molar-refractivity contribution < 1.29 is 9.47 Å². The van der Waals surface area contributed by atoms with Gasteiger partial charge in [0.2, 0.25) is 0 Å². The summed E-state index contributed by atoms with van der Waals surface area (Å²) < 4.78 is 12.0. The maximum Gasteiger partial charge on any atom is 0.120 e. The van der Waals surface area contributed by atoms with Crippen LogP contribution in [0.3, 0.4) is 0 Å². The van der Waals surface area contributed by atoms with Gasteiger partial charge in [0.05, 0.1) is 0 Å². The van der Waals surface area contributed by atoms with Gasteiger partial charge < -0.3 is 9.47 Å². The molecule has 4 aromatic carbocycles. The maximum atomic E-state index is 6.02. The Labute approximate surface area is 260 Å². The second kappa shape index (κ2) is 12.8. The Morgan fingerprint density at radius 1 is 0.390 bits per heavy atom. The van der Waals surface area contributed by atoms with Crippen molar-refractivity contribution in [2.45, 2.75) is 108 Å². The molecule has 5 heteroatoms. The molecule has 0 atom stereocenters. The molecule has 0 saturated carbocycles. The minimum absolute atomic E-state index is 0.143. The molecule has 41 heavy (non-hydrogen) atoms. The van der Waals surface area contributed by atoms with Gasteiger partial charge in [0.1, 0.15) is 22.7 Å². The first-order chi connectivity index (χ1) is 19.1. The summed E-state index contributed by atoms with van der Waals surface area (Å²) in [5.74, 6) is 1.78. The molecule has 0 bridgehead atoms. The molecule has 4 aromatic rings. The second-order valence-electron chi connectivity index (χ2n) is 13.1. The molecule has 0 radical (unpaired) electrons. The van der Waals surface area contributed by atoms with Crippen LogP contribution in [0, 0.1) is 0 Å². The molecular formula is C36H42O2S3. The molecule has 0 aliphatic rings. The number of benzene rings is 4. The van der Waals surface area contributed by atoms with Crippen LogP contribution < -0.4 is 9.47 Å². The number of ether oxygens (including phenoxy) is 2. The second-order valence-corrected chi connectivity index (χ2v) is 16.5. The molecule has 0 N–H and O–H groups in total. The van der Waals surface area contributed by atoms with Gasteiger partial charge in [-0.25, -0.2) is 0 Å². The van der Waals surface area contributed by atoms with Gasteiger partial charge in [0, 0.05) is 29.4 Å². The van der Waals surface area contributed by atoms with Crippen LogP contribution in [0.25, 0.3) is 0 Å². The van der Waals surface area contributed by atoms with E-state index in [1.165, 1.54) is 34.9 Å². The summed E-state index contributed by atoms with van der Waals surface area (Å²) in [7, 11) is 0. The highest BCUT2D eigenvalue weighted by atomic mass is 32.2. The Bertz CT molecular complexity index is 1340. The van der Waals surface area contributed by atoms with Crippen molar-refractivity contribution in [2.75, 3.05) is 0 Å². The van der Waals surface area contributed by atoms with Gasteiger partial charge >= 0.3 is 0 Å². The monoisotopic (exact) mass is 602 g/mol. The Morgan fingerprint density at radius 3 is 0.951 bits per heavy atom. The van der Waals surface area contributed by atoms with Crippen LogP contribution in [0.1, 0.15) is 67.9 Å². The highest BCUT2D eigenvalue weighted by molar-refractivity contribution is 8.01. The van der Waals surface area contributed by atoms with E-state index in [0.717, 1.165) is 11.5 Å². The molecule has 0 fully saturated rings. The standard InChI is InChI=1S/C36H42O2S3/c1-34(2,3)25-10-16-28(17-11-25)39-31-22-32(40-29-18-12-26(13-19-29)37-35(4,5)6)24-33(23-31)41-30-20-14-27(15-21-30)38-36(7,8)9/h10-24H,1-9H3. The minimum Gasteiger partial charge on any atom is -0.488 e. The van der Waals surface area contributed by atoms with E-state index in [4.69, 9.17) is 9.47 Å². The smallest absolute Gasteiger partial charge is 0.120 e. The largest absolute Gasteiger partial charge is 0.488 e. The number of hydrogen-bond donors (Lipinski definition) is 0. The van der Waals surface area contributed by atoms with Crippen molar-refractivity contribution in [3.63, 3.8) is 0 Å². The summed E-state index contributed by atoms with van der Waals surface area (Å²) in [4.78, 5) is 7.25. The normalized spacial score (nSPS) is 12.3. The Hall–Kier alpha value is -2.47. The van der Waals surface area contributed by atoms with Crippen molar-refractivity contribution in [2.24, 2.45) is 0 Å². The van der Waals surface area contributed by atoms with E-state index in [0.29, 0.717) is 0 Å². The lowest BCUT2D eigenvalue weighted by atomic mass is 9.87. The summed E-state index contributed by atoms with van der Waals surface area (Å²) in [6, 6.07) is 32.6. The van der Waals surface area contributed by atoms with Gasteiger partial charge in [-0.2, -0.15) is 0 Å². The molecule has 216 valence electrons. The predicted octanol–water partition coefficient (Wildman–Crippen LogP) is 11.8. The van der Waals surface area contributed by atoms with Crippen molar-refractivity contribution in [3.8, 4) is 11.5 Å². The van der Waals surface area contributed by atoms with Crippen molar-refractivity contribution in [3.05, 3.63) is 96.6 Å². The van der Waals surface area contributed by atoms with E-state index in [1.807, 2.05) is 11.8 Å². The van der Waals surface area contributed by atoms with Gasteiger partial charge in [-0.05, 0) is 131 Å². The molecule has 0 amide bonds. The summed E-state index contributed by atoms with van der Waals surface area (Å²) in [6.07, 6.45) is 0. The van der Waals surface area contributed by atoms with Crippen LogP contribution in [0.15, 0.2) is 120 Å². The first-order valence-corrected chi connectivity index (χ1v) is 16.4. The number of rotatable bonds is 8. The quantitative estimate of drug-likeness (QED) is 0.199. The van der Waals surface area contributed by atoms with E-state index in [-0.39, 0.29) is 16.6 Å². The van der Waals surface area contributed by atoms with E-state index >= 15 is 0 Å². The van der Waals surface area contributed by atoms with Crippen LogP contribution in [-0.4, -0.2) is 11.2 Å². The summed E-state index contributed by atoms with van der Waals surface area (Å²) in [5, 5.41) is 0. The fraction of sp³-hybridized carbons (Fsp3) is 0.333. The van der Waals surface area contributed by atoms with E-state index in [2.05, 4.69) is 153 Å². The van der Waals surface area contributed by atoms with Crippen LogP contribution in [0.5, 0.6) is 11.5 Å². The Kier molecular flexibility index (Phi) is 9.83. The molecular weight excluding hydrogens is 561 g/mol. The average molecular weight is 603 g/mol. The van der Waals surface area contributed by atoms with E-state index in [1.54, 1.807) is 23.5 Å². The SMILES string of the molecule is CC(C)(C)Oc1ccc(Sc2cc(Sc3ccc(OC(C)(C)C)cc3)cc(Sc3ccc(C(C)(C)C)cc3)c2)cc1. The van der Waals surface area contributed by atoms with Gasteiger partial charge in [-0.1, -0.05) is 68.2 Å². The topological polar surface area (TPSA) is 18.5 Å². The van der Waals surface area contributed by atoms with Crippen molar-refractivity contribution in [1.82, 2.24) is 0 Å². The van der Waals surface area contributed by atoms with Gasteiger partial charge in [-0.3, -0.25) is 0 Å². The predicted molar refractivity (Wildman–Crippen MR) is 178 cm³/mol. The zero-order chi connectivity index (χ0) is 29.8. The van der Waals surface area contributed by atoms with Crippen LogP contribution in [0.4, 0.5) is 0 Å². The highest BCUT2D eigenvalue weighted by Gasteiger charge is 2.15. The molecule has 4 rings (SSSR count). The number of hydrogen-bond acceptors (Lipinski definition) is 5. The van der Waals surface area contributed by atoms with Crippen molar-refractivity contribution >= 4 is 35.3 Å². The fourth-order valence-electron chi connectivity index (χ4n) is 4.01. The lowest BCUT2D eigenvalue weighted by Crippen LogP contribution is -2.22. The average Bonchev–Trinajstić information content (AvgIpc) is 2.84. The first kappa shape index (κ1) is 31.5. The third-order valence-corrected chi connectivity index (χ3v) is 8.71. The van der Waals surface area contributed by atoms with Crippen LogP contribution in [-0.2, 0) is 5.41 Å². The van der Waals surface area contributed by atoms with Crippen LogP contribution in [0.2, 0.25) is 0 Å².